The van der Waals surface area contributed by atoms with E-state index in [-0.39, 0.29) is 0 Å². The number of aliphatic hydroxyl groups is 1. The van der Waals surface area contributed by atoms with E-state index in [1.807, 2.05) is 10.7 Å². The van der Waals surface area contributed by atoms with Crippen molar-refractivity contribution < 1.29 is 5.11 Å². The van der Waals surface area contributed by atoms with Gasteiger partial charge in [-0.25, -0.2) is 0 Å². The van der Waals surface area contributed by atoms with Gasteiger partial charge >= 0.3 is 0 Å². The second-order valence-corrected chi connectivity index (χ2v) is 3.76. The van der Waals surface area contributed by atoms with Crippen molar-refractivity contribution in [1.29, 1.82) is 0 Å². The van der Waals surface area contributed by atoms with Crippen LogP contribution in [-0.2, 0) is 0 Å². The molecule has 13 heavy (non-hydrogen) atoms. The lowest BCUT2D eigenvalue weighted by atomic mass is 9.87. The minimum atomic E-state index is -0.445. The van der Waals surface area contributed by atoms with E-state index in [2.05, 4.69) is 5.10 Å². The van der Waals surface area contributed by atoms with Gasteiger partial charge < -0.3 is 10.8 Å². The van der Waals surface area contributed by atoms with Crippen LogP contribution in [0.25, 0.3) is 0 Å². The van der Waals surface area contributed by atoms with E-state index in [0.29, 0.717) is 12.1 Å². The van der Waals surface area contributed by atoms with Crippen molar-refractivity contribution in [2.45, 2.75) is 38.0 Å². The number of aromatic nitrogens is 2. The van der Waals surface area contributed by atoms with Crippen molar-refractivity contribution in [2.75, 3.05) is 0 Å². The molecular formula is C9H15N3O. The molecule has 72 valence electrons. The zero-order chi connectivity index (χ0) is 9.42. The maximum Gasteiger partial charge on any atom is 0.0928 e. The van der Waals surface area contributed by atoms with Gasteiger partial charge in [0.1, 0.15) is 0 Å². The van der Waals surface area contributed by atoms with E-state index in [1.165, 1.54) is 0 Å². The molecule has 0 radical (unpaired) electrons. The van der Waals surface area contributed by atoms with Crippen LogP contribution in [0, 0.1) is 0 Å². The Morgan fingerprint density at radius 1 is 1.69 bits per heavy atom. The third-order valence-electron chi connectivity index (χ3n) is 2.62. The Morgan fingerprint density at radius 2 is 2.38 bits per heavy atom. The fourth-order valence-electron chi connectivity index (χ4n) is 1.79. The number of aliphatic hydroxyl groups excluding tert-OH is 1. The molecule has 3 N–H and O–H groups in total. The molecule has 4 nitrogen and oxygen atoms in total. The number of nitrogens with two attached hydrogens (primary N) is 1. The molecule has 1 aromatic heterocycles. The molecule has 0 bridgehead atoms. The molecule has 4 heteroatoms. The predicted molar refractivity (Wildman–Crippen MR) is 49.1 cm³/mol. The van der Waals surface area contributed by atoms with Gasteiger partial charge in [0.25, 0.3) is 0 Å². The van der Waals surface area contributed by atoms with Gasteiger partial charge in [-0.3, -0.25) is 4.68 Å². The molecule has 1 saturated carbocycles. The van der Waals surface area contributed by atoms with Crippen LogP contribution in [0.5, 0.6) is 0 Å². The maximum absolute atomic E-state index is 9.44. The van der Waals surface area contributed by atoms with Crippen LogP contribution in [-0.4, -0.2) is 20.9 Å². The summed E-state index contributed by atoms with van der Waals surface area (Å²) in [6, 6.07) is 2.57. The third kappa shape index (κ3) is 1.47. The van der Waals surface area contributed by atoms with Crippen LogP contribution in [0.1, 0.15) is 37.6 Å². The smallest absolute Gasteiger partial charge is 0.0928 e. The van der Waals surface area contributed by atoms with Crippen molar-refractivity contribution in [3.05, 3.63) is 18.0 Å². The molecule has 1 aromatic rings. The lowest BCUT2D eigenvalue weighted by molar-refractivity contribution is 0.166. The van der Waals surface area contributed by atoms with E-state index in [1.54, 1.807) is 13.1 Å². The van der Waals surface area contributed by atoms with Crippen molar-refractivity contribution >= 4 is 0 Å². The van der Waals surface area contributed by atoms with Crippen molar-refractivity contribution in [3.8, 4) is 0 Å². The molecule has 0 saturated heterocycles. The summed E-state index contributed by atoms with van der Waals surface area (Å²) in [7, 11) is 0. The van der Waals surface area contributed by atoms with Crippen LogP contribution in [0.3, 0.4) is 0 Å². The zero-order valence-corrected chi connectivity index (χ0v) is 7.72. The first-order valence-electron chi connectivity index (χ1n) is 4.65. The molecule has 1 aliphatic carbocycles. The number of hydrogen-bond acceptors (Lipinski definition) is 3. The molecule has 0 aromatic carbocycles. The Morgan fingerprint density at radius 3 is 2.92 bits per heavy atom. The van der Waals surface area contributed by atoms with Crippen LogP contribution in [0.4, 0.5) is 0 Å². The summed E-state index contributed by atoms with van der Waals surface area (Å²) < 4.78 is 1.90. The Labute approximate surface area is 77.4 Å². The molecule has 1 fully saturated rings. The minimum absolute atomic E-state index is 0.316. The molecule has 0 amide bonds. The average Bonchev–Trinajstić information content (AvgIpc) is 2.45. The highest BCUT2D eigenvalue weighted by molar-refractivity contribution is 5.06. The first kappa shape index (κ1) is 8.72. The molecule has 0 aliphatic heterocycles. The van der Waals surface area contributed by atoms with Crippen molar-refractivity contribution in [2.24, 2.45) is 5.73 Å². The average molecular weight is 181 g/mol. The van der Waals surface area contributed by atoms with Crippen molar-refractivity contribution in [1.82, 2.24) is 9.78 Å². The summed E-state index contributed by atoms with van der Waals surface area (Å²) >= 11 is 0. The minimum Gasteiger partial charge on any atom is -0.387 e. The first-order valence-corrected chi connectivity index (χ1v) is 4.65. The van der Waals surface area contributed by atoms with Gasteiger partial charge in [-0.05, 0) is 25.8 Å². The quantitative estimate of drug-likeness (QED) is 0.702. The molecule has 1 aliphatic rings. The van der Waals surface area contributed by atoms with Gasteiger partial charge in [-0.15, -0.1) is 0 Å². The molecule has 2 rings (SSSR count). The highest BCUT2D eigenvalue weighted by atomic mass is 16.3. The van der Waals surface area contributed by atoms with Crippen LogP contribution < -0.4 is 5.73 Å². The number of nitrogens with zero attached hydrogens (tertiary/aromatic N) is 2. The van der Waals surface area contributed by atoms with Crippen molar-refractivity contribution in [3.63, 3.8) is 0 Å². The largest absolute Gasteiger partial charge is 0.387 e. The lowest BCUT2D eigenvalue weighted by Gasteiger charge is -2.33. The van der Waals surface area contributed by atoms with Crippen LogP contribution in [0.2, 0.25) is 0 Å². The highest BCUT2D eigenvalue weighted by Gasteiger charge is 2.29. The Kier molecular flexibility index (Phi) is 2.09. The van der Waals surface area contributed by atoms with Gasteiger partial charge in [-0.1, -0.05) is 0 Å². The molecule has 1 atom stereocenters. The first-order chi connectivity index (χ1) is 6.18. The molecule has 1 heterocycles. The van der Waals surface area contributed by atoms with Crippen LogP contribution >= 0.6 is 0 Å². The standard InChI is InChI=1S/C9H15N3O/c1-6(13)9-2-3-11-12(9)8-4-7(10)5-8/h2-3,6-8,13H,4-5,10H2,1H3. The summed E-state index contributed by atoms with van der Waals surface area (Å²) in [6.45, 7) is 1.76. The number of rotatable bonds is 2. The molecule has 0 spiro atoms. The normalized spacial score (nSPS) is 29.8. The third-order valence-corrected chi connectivity index (χ3v) is 2.62. The summed E-state index contributed by atoms with van der Waals surface area (Å²) in [5.41, 5.74) is 6.58. The van der Waals surface area contributed by atoms with E-state index in [9.17, 15) is 5.11 Å². The lowest BCUT2D eigenvalue weighted by Crippen LogP contribution is -2.38. The summed E-state index contributed by atoms with van der Waals surface area (Å²) in [5.74, 6) is 0. The summed E-state index contributed by atoms with van der Waals surface area (Å²) in [6.07, 6.45) is 3.23. The maximum atomic E-state index is 9.44. The van der Waals surface area contributed by atoms with Gasteiger partial charge in [0.05, 0.1) is 17.8 Å². The fraction of sp³-hybridized carbons (Fsp3) is 0.667. The predicted octanol–water partition coefficient (Wildman–Crippen LogP) is 0.599. The SMILES string of the molecule is CC(O)c1ccnn1C1CC(N)C1. The topological polar surface area (TPSA) is 64.1 Å². The van der Waals surface area contributed by atoms with Gasteiger partial charge in [0.2, 0.25) is 0 Å². The second kappa shape index (κ2) is 3.12. The highest BCUT2D eigenvalue weighted by Crippen LogP contribution is 2.32. The molecular weight excluding hydrogens is 166 g/mol. The monoisotopic (exact) mass is 181 g/mol. The molecule has 1 unspecified atom stereocenters. The van der Waals surface area contributed by atoms with Gasteiger partial charge in [0, 0.05) is 12.2 Å². The second-order valence-electron chi connectivity index (χ2n) is 3.76. The Hall–Kier alpha value is -0.870. The van der Waals surface area contributed by atoms with E-state index >= 15 is 0 Å². The fourth-order valence-corrected chi connectivity index (χ4v) is 1.79. The van der Waals surface area contributed by atoms with E-state index in [0.717, 1.165) is 18.5 Å². The van der Waals surface area contributed by atoms with E-state index < -0.39 is 6.10 Å². The Bertz CT molecular complexity index is 289. The van der Waals surface area contributed by atoms with E-state index in [4.69, 9.17) is 5.73 Å². The Balaban J connectivity index is 2.16. The summed E-state index contributed by atoms with van der Waals surface area (Å²) in [4.78, 5) is 0. The van der Waals surface area contributed by atoms with Gasteiger partial charge in [-0.2, -0.15) is 5.10 Å². The van der Waals surface area contributed by atoms with Gasteiger partial charge in [0.15, 0.2) is 0 Å². The number of hydrogen-bond donors (Lipinski definition) is 2. The van der Waals surface area contributed by atoms with Crippen LogP contribution in [0.15, 0.2) is 12.3 Å². The zero-order valence-electron chi connectivity index (χ0n) is 7.72. The summed E-state index contributed by atoms with van der Waals surface area (Å²) in [5, 5.41) is 13.6.